The lowest BCUT2D eigenvalue weighted by Gasteiger charge is -2.23. The van der Waals surface area contributed by atoms with E-state index < -0.39 is 18.1 Å². The molecule has 0 radical (unpaired) electrons. The van der Waals surface area contributed by atoms with Crippen LogP contribution in [-0.2, 0) is 17.6 Å². The fraction of sp³-hybridized carbons (Fsp3) is 0.583. The summed E-state index contributed by atoms with van der Waals surface area (Å²) in [6.07, 6.45) is -4.42. The highest BCUT2D eigenvalue weighted by molar-refractivity contribution is 5.93. The van der Waals surface area contributed by atoms with Crippen molar-refractivity contribution >= 4 is 11.7 Å². The number of rotatable bonds is 2. The van der Waals surface area contributed by atoms with Crippen LogP contribution in [-0.4, -0.2) is 18.8 Å². The van der Waals surface area contributed by atoms with Gasteiger partial charge in [-0.1, -0.05) is 0 Å². The van der Waals surface area contributed by atoms with E-state index >= 15 is 0 Å². The fourth-order valence-corrected chi connectivity index (χ4v) is 2.23. The second-order valence-corrected chi connectivity index (χ2v) is 4.45. The molecule has 4 nitrogen and oxygen atoms in total. The largest absolute Gasteiger partial charge is 0.460 e. The number of hydrogen-bond donors (Lipinski definition) is 1. The van der Waals surface area contributed by atoms with Gasteiger partial charge in [0.2, 0.25) is 5.76 Å². The fourth-order valence-electron chi connectivity index (χ4n) is 2.23. The molecule has 1 heterocycles. The van der Waals surface area contributed by atoms with E-state index in [4.69, 9.17) is 14.9 Å². The van der Waals surface area contributed by atoms with Crippen LogP contribution in [0.25, 0.3) is 0 Å². The van der Waals surface area contributed by atoms with Gasteiger partial charge < -0.3 is 14.9 Å². The van der Waals surface area contributed by atoms with Crippen LogP contribution in [0, 0.1) is 5.92 Å². The summed E-state index contributed by atoms with van der Waals surface area (Å²) in [5, 5.41) is 0. The normalized spacial score (nSPS) is 19.1. The van der Waals surface area contributed by atoms with Gasteiger partial charge in [-0.2, -0.15) is 13.2 Å². The van der Waals surface area contributed by atoms with Gasteiger partial charge in [-0.15, -0.1) is 0 Å². The third kappa shape index (κ3) is 2.54. The van der Waals surface area contributed by atoms with Gasteiger partial charge >= 0.3 is 12.1 Å². The minimum atomic E-state index is -4.26. The number of nitrogens with two attached hydrogens (primary N) is 1. The van der Waals surface area contributed by atoms with Crippen LogP contribution in [0.2, 0.25) is 0 Å². The molecule has 0 aliphatic heterocycles. The molecule has 1 unspecified atom stereocenters. The summed E-state index contributed by atoms with van der Waals surface area (Å²) >= 11 is 0. The molecular formula is C12H14F3NO3. The van der Waals surface area contributed by atoms with Crippen LogP contribution < -0.4 is 5.73 Å². The van der Waals surface area contributed by atoms with Crippen LogP contribution in [0.15, 0.2) is 4.42 Å². The van der Waals surface area contributed by atoms with Crippen LogP contribution in [0.5, 0.6) is 0 Å². The predicted molar refractivity (Wildman–Crippen MR) is 60.6 cm³/mol. The number of nitrogen functional groups attached to an aromatic ring is 1. The molecule has 0 bridgehead atoms. The number of esters is 1. The molecule has 0 aromatic carbocycles. The van der Waals surface area contributed by atoms with Gasteiger partial charge in [-0.05, 0) is 19.8 Å². The van der Waals surface area contributed by atoms with Crippen molar-refractivity contribution in [1.82, 2.24) is 0 Å². The first kappa shape index (κ1) is 13.8. The number of ether oxygens (including phenoxy) is 1. The molecule has 2 rings (SSSR count). The molecule has 2 N–H and O–H groups in total. The Labute approximate surface area is 107 Å². The average molecular weight is 277 g/mol. The molecule has 19 heavy (non-hydrogen) atoms. The Morgan fingerprint density at radius 2 is 2.21 bits per heavy atom. The minimum absolute atomic E-state index is 0.0256. The quantitative estimate of drug-likeness (QED) is 0.844. The maximum atomic E-state index is 12.7. The Morgan fingerprint density at radius 3 is 2.79 bits per heavy atom. The molecule has 0 fully saturated rings. The van der Waals surface area contributed by atoms with Gasteiger partial charge in [0.25, 0.3) is 0 Å². The predicted octanol–water partition coefficient (Wildman–Crippen LogP) is 2.71. The highest BCUT2D eigenvalue weighted by Gasteiger charge is 2.43. The molecule has 0 saturated heterocycles. The number of anilines is 1. The molecule has 1 aliphatic carbocycles. The summed E-state index contributed by atoms with van der Waals surface area (Å²) in [6, 6.07) is 0. The van der Waals surface area contributed by atoms with Gasteiger partial charge in [0.15, 0.2) is 0 Å². The zero-order chi connectivity index (χ0) is 14.2. The van der Waals surface area contributed by atoms with Crippen LogP contribution >= 0.6 is 0 Å². The summed E-state index contributed by atoms with van der Waals surface area (Å²) in [6.45, 7) is 1.77. The molecular weight excluding hydrogens is 263 g/mol. The van der Waals surface area contributed by atoms with Crippen molar-refractivity contribution in [2.75, 3.05) is 12.3 Å². The molecule has 1 aliphatic rings. The van der Waals surface area contributed by atoms with E-state index in [1.807, 2.05) is 0 Å². The molecule has 1 aromatic rings. The van der Waals surface area contributed by atoms with Gasteiger partial charge in [0.05, 0.1) is 18.2 Å². The Kier molecular flexibility index (Phi) is 3.47. The monoisotopic (exact) mass is 277 g/mol. The first-order valence-electron chi connectivity index (χ1n) is 5.98. The topological polar surface area (TPSA) is 65.5 Å². The Balaban J connectivity index is 2.28. The van der Waals surface area contributed by atoms with E-state index in [9.17, 15) is 18.0 Å². The number of aryl methyl sites for hydroxylation is 1. The third-order valence-corrected chi connectivity index (χ3v) is 3.23. The molecule has 0 amide bonds. The van der Waals surface area contributed by atoms with E-state index in [0.29, 0.717) is 5.76 Å². The number of halogens is 3. The van der Waals surface area contributed by atoms with E-state index in [2.05, 4.69) is 0 Å². The smallest absolute Gasteiger partial charge is 0.392 e. The van der Waals surface area contributed by atoms with Gasteiger partial charge in [0, 0.05) is 12.0 Å². The lowest BCUT2D eigenvalue weighted by molar-refractivity contribution is -0.177. The zero-order valence-corrected chi connectivity index (χ0v) is 10.3. The highest BCUT2D eigenvalue weighted by Crippen LogP contribution is 2.40. The second kappa shape index (κ2) is 4.79. The lowest BCUT2D eigenvalue weighted by Crippen LogP contribution is -2.28. The first-order valence-corrected chi connectivity index (χ1v) is 5.98. The molecule has 0 spiro atoms. The maximum absolute atomic E-state index is 12.7. The summed E-state index contributed by atoms with van der Waals surface area (Å²) in [7, 11) is 0. The minimum Gasteiger partial charge on any atom is -0.460 e. The van der Waals surface area contributed by atoms with Gasteiger partial charge in [-0.25, -0.2) is 4.79 Å². The summed E-state index contributed by atoms with van der Waals surface area (Å²) < 4.78 is 48.1. The number of furan rings is 1. The van der Waals surface area contributed by atoms with E-state index in [1.54, 1.807) is 6.92 Å². The van der Waals surface area contributed by atoms with E-state index in [-0.39, 0.29) is 42.9 Å². The van der Waals surface area contributed by atoms with Crippen molar-refractivity contribution in [2.45, 2.75) is 32.4 Å². The number of fused-ring (bicyclic) bond motifs is 1. The second-order valence-electron chi connectivity index (χ2n) is 4.45. The molecule has 7 heteroatoms. The van der Waals surface area contributed by atoms with Crippen molar-refractivity contribution in [2.24, 2.45) is 5.92 Å². The SMILES string of the molecule is CCOC(=O)c1oc2c(c1N)CC(C(F)(F)F)CC2. The number of carbonyl (C=O) groups excluding carboxylic acids is 1. The average Bonchev–Trinajstić information content (AvgIpc) is 2.66. The van der Waals surface area contributed by atoms with E-state index in [0.717, 1.165) is 0 Å². The molecule has 106 valence electrons. The Hall–Kier alpha value is -1.66. The molecule has 1 aromatic heterocycles. The summed E-state index contributed by atoms with van der Waals surface area (Å²) in [5.41, 5.74) is 5.96. The molecule has 1 atom stereocenters. The summed E-state index contributed by atoms with van der Waals surface area (Å²) in [5.74, 6) is -2.00. The molecule has 0 saturated carbocycles. The van der Waals surface area contributed by atoms with E-state index in [1.165, 1.54) is 0 Å². The maximum Gasteiger partial charge on any atom is 0.392 e. The number of alkyl halides is 3. The van der Waals surface area contributed by atoms with Gasteiger partial charge in [0.1, 0.15) is 5.76 Å². The zero-order valence-electron chi connectivity index (χ0n) is 10.3. The first-order chi connectivity index (χ1) is 8.84. The standard InChI is InChI=1S/C12H14F3NO3/c1-2-18-11(17)10-9(16)7-5-6(12(13,14)15)3-4-8(7)19-10/h6H,2-5,16H2,1H3. The van der Waals surface area contributed by atoms with Crippen LogP contribution in [0.1, 0.15) is 35.2 Å². The number of hydrogen-bond acceptors (Lipinski definition) is 4. The van der Waals surface area contributed by atoms with Crippen LogP contribution in [0.3, 0.4) is 0 Å². The van der Waals surface area contributed by atoms with Gasteiger partial charge in [-0.3, -0.25) is 0 Å². The number of carbonyl (C=O) groups is 1. The van der Waals surface area contributed by atoms with Crippen molar-refractivity contribution < 1.29 is 27.1 Å². The van der Waals surface area contributed by atoms with Crippen molar-refractivity contribution in [3.63, 3.8) is 0 Å². The van der Waals surface area contributed by atoms with Crippen LogP contribution in [0.4, 0.5) is 18.9 Å². The van der Waals surface area contributed by atoms with Crippen molar-refractivity contribution in [1.29, 1.82) is 0 Å². The third-order valence-electron chi connectivity index (χ3n) is 3.23. The van der Waals surface area contributed by atoms with Crippen molar-refractivity contribution in [3.05, 3.63) is 17.1 Å². The summed E-state index contributed by atoms with van der Waals surface area (Å²) in [4.78, 5) is 11.5. The highest BCUT2D eigenvalue weighted by atomic mass is 19.4. The Bertz CT molecular complexity index is 493. The van der Waals surface area contributed by atoms with Crippen molar-refractivity contribution in [3.8, 4) is 0 Å². The lowest BCUT2D eigenvalue weighted by atomic mass is 9.87. The Morgan fingerprint density at radius 1 is 1.53 bits per heavy atom.